The van der Waals surface area contributed by atoms with Gasteiger partial charge in [-0.1, -0.05) is 32.8 Å². The van der Waals surface area contributed by atoms with Gasteiger partial charge in [0.15, 0.2) is 0 Å². The van der Waals surface area contributed by atoms with Crippen LogP contribution in [0.5, 0.6) is 0 Å². The van der Waals surface area contributed by atoms with Crippen LogP contribution in [0.1, 0.15) is 50.4 Å². The van der Waals surface area contributed by atoms with E-state index in [1.165, 1.54) is 29.8 Å². The summed E-state index contributed by atoms with van der Waals surface area (Å²) < 4.78 is 27.4. The minimum atomic E-state index is -3.70. The summed E-state index contributed by atoms with van der Waals surface area (Å²) in [6.45, 7) is 7.14. The highest BCUT2D eigenvalue weighted by Crippen LogP contribution is 2.29. The number of piperazine rings is 1. The van der Waals surface area contributed by atoms with E-state index >= 15 is 0 Å². The van der Waals surface area contributed by atoms with Gasteiger partial charge in [-0.25, -0.2) is 8.42 Å². The van der Waals surface area contributed by atoms with E-state index in [1.807, 2.05) is 0 Å². The normalized spacial score (nSPS) is 26.2. The zero-order chi connectivity index (χ0) is 21.2. The van der Waals surface area contributed by atoms with Crippen LogP contribution in [-0.4, -0.2) is 61.7 Å². The summed E-state index contributed by atoms with van der Waals surface area (Å²) in [6, 6.07) is 6.36. The molecule has 0 bridgehead atoms. The lowest BCUT2D eigenvalue weighted by atomic mass is 9.78. The second-order valence-electron chi connectivity index (χ2n) is 8.29. The molecule has 2 amide bonds. The molecule has 29 heavy (non-hydrogen) atoms. The van der Waals surface area contributed by atoms with Gasteiger partial charge in [-0.05, 0) is 36.5 Å². The second kappa shape index (κ2) is 8.83. The number of hydrogen-bond donors (Lipinski definition) is 1. The maximum atomic E-state index is 13.0. The molecular formula is C21H31N3O4S. The summed E-state index contributed by atoms with van der Waals surface area (Å²) in [5.41, 5.74) is 0.360. The van der Waals surface area contributed by atoms with Crippen LogP contribution in [0, 0.1) is 11.8 Å². The van der Waals surface area contributed by atoms with E-state index in [2.05, 4.69) is 19.2 Å². The van der Waals surface area contributed by atoms with Crippen LogP contribution < -0.4 is 5.32 Å². The van der Waals surface area contributed by atoms with E-state index in [9.17, 15) is 18.0 Å². The highest BCUT2D eigenvalue weighted by Gasteiger charge is 2.31. The molecule has 2 aliphatic rings. The fourth-order valence-electron chi connectivity index (χ4n) is 4.23. The van der Waals surface area contributed by atoms with Crippen LogP contribution in [0.25, 0.3) is 0 Å². The Morgan fingerprint density at radius 3 is 2.41 bits per heavy atom. The predicted molar refractivity (Wildman–Crippen MR) is 111 cm³/mol. The molecule has 1 aliphatic heterocycles. The van der Waals surface area contributed by atoms with E-state index in [0.29, 0.717) is 30.5 Å². The van der Waals surface area contributed by atoms with Crippen LogP contribution in [-0.2, 0) is 14.8 Å². The van der Waals surface area contributed by atoms with Gasteiger partial charge in [0.2, 0.25) is 15.9 Å². The summed E-state index contributed by atoms with van der Waals surface area (Å²) in [6.07, 6.45) is 3.23. The third-order valence-corrected chi connectivity index (χ3v) is 8.34. The van der Waals surface area contributed by atoms with E-state index < -0.39 is 10.0 Å². The van der Waals surface area contributed by atoms with E-state index in [-0.39, 0.29) is 35.8 Å². The van der Waals surface area contributed by atoms with Gasteiger partial charge in [-0.3, -0.25) is 9.59 Å². The van der Waals surface area contributed by atoms with Gasteiger partial charge >= 0.3 is 0 Å². The Hall–Kier alpha value is -1.93. The van der Waals surface area contributed by atoms with Gasteiger partial charge in [0.05, 0.1) is 4.90 Å². The molecular weight excluding hydrogens is 390 g/mol. The fourth-order valence-corrected chi connectivity index (χ4v) is 5.70. The molecule has 7 nitrogen and oxygen atoms in total. The summed E-state index contributed by atoms with van der Waals surface area (Å²) >= 11 is 0. The predicted octanol–water partition coefficient (Wildman–Crippen LogP) is 2.09. The Balaban J connectivity index is 1.71. The highest BCUT2D eigenvalue weighted by molar-refractivity contribution is 7.89. The van der Waals surface area contributed by atoms with Crippen molar-refractivity contribution in [3.05, 3.63) is 29.8 Å². The molecule has 0 radical (unpaired) electrons. The topological polar surface area (TPSA) is 86.8 Å². The molecule has 1 saturated heterocycles. The number of sulfonamides is 1. The van der Waals surface area contributed by atoms with E-state index in [1.54, 1.807) is 17.0 Å². The second-order valence-corrected chi connectivity index (χ2v) is 10.2. The Kier molecular flexibility index (Phi) is 6.63. The average Bonchev–Trinajstić information content (AvgIpc) is 2.71. The minimum absolute atomic E-state index is 0.0491. The van der Waals surface area contributed by atoms with Crippen molar-refractivity contribution in [3.63, 3.8) is 0 Å². The number of hydrogen-bond acceptors (Lipinski definition) is 4. The molecule has 1 heterocycles. The number of benzene rings is 1. The summed E-state index contributed by atoms with van der Waals surface area (Å²) in [4.78, 5) is 26.0. The van der Waals surface area contributed by atoms with Crippen LogP contribution in [0.2, 0.25) is 0 Å². The number of nitrogens with zero attached hydrogens (tertiary/aromatic N) is 2. The molecule has 0 unspecified atom stereocenters. The number of amides is 2. The molecule has 3 atom stereocenters. The molecule has 1 saturated carbocycles. The molecule has 3 rings (SSSR count). The van der Waals surface area contributed by atoms with Crippen molar-refractivity contribution in [2.24, 2.45) is 11.8 Å². The number of rotatable bonds is 4. The van der Waals surface area contributed by atoms with E-state index in [4.69, 9.17) is 0 Å². The Morgan fingerprint density at radius 2 is 1.76 bits per heavy atom. The zero-order valence-corrected chi connectivity index (χ0v) is 18.2. The molecule has 0 aromatic heterocycles. The Bertz CT molecular complexity index is 862. The minimum Gasteiger partial charge on any atom is -0.349 e. The van der Waals surface area contributed by atoms with Crippen molar-refractivity contribution >= 4 is 21.8 Å². The number of nitrogens with one attached hydrogen (secondary N) is 1. The highest BCUT2D eigenvalue weighted by atomic mass is 32.2. The van der Waals surface area contributed by atoms with Crippen LogP contribution in [0.3, 0.4) is 0 Å². The zero-order valence-electron chi connectivity index (χ0n) is 17.4. The maximum Gasteiger partial charge on any atom is 0.251 e. The van der Waals surface area contributed by atoms with Gasteiger partial charge < -0.3 is 10.2 Å². The molecule has 2 fully saturated rings. The molecule has 1 aromatic rings. The van der Waals surface area contributed by atoms with Crippen molar-refractivity contribution in [1.82, 2.24) is 14.5 Å². The lowest BCUT2D eigenvalue weighted by molar-refractivity contribution is -0.129. The van der Waals surface area contributed by atoms with Crippen LogP contribution >= 0.6 is 0 Å². The SMILES string of the molecule is CC(=O)N1CCN(S(=O)(=O)c2cccc(C(=O)N[C@@H]3CCC[C@H](C)[C@H]3C)c2)CC1. The van der Waals surface area contributed by atoms with Gasteiger partial charge in [0.25, 0.3) is 5.91 Å². The molecule has 8 heteroatoms. The lowest BCUT2D eigenvalue weighted by Gasteiger charge is -2.34. The molecule has 160 valence electrons. The first-order chi connectivity index (χ1) is 13.7. The lowest BCUT2D eigenvalue weighted by Crippen LogP contribution is -2.49. The fraction of sp³-hybridized carbons (Fsp3) is 0.619. The first-order valence-corrected chi connectivity index (χ1v) is 11.8. The van der Waals surface area contributed by atoms with Crippen molar-refractivity contribution in [2.75, 3.05) is 26.2 Å². The molecule has 1 aliphatic carbocycles. The molecule has 0 spiro atoms. The van der Waals surface area contributed by atoms with Crippen molar-refractivity contribution < 1.29 is 18.0 Å². The van der Waals surface area contributed by atoms with Gasteiger partial charge in [0.1, 0.15) is 0 Å². The third kappa shape index (κ3) is 4.80. The number of carbonyl (C=O) groups excluding carboxylic acids is 2. The van der Waals surface area contributed by atoms with Gasteiger partial charge in [0, 0.05) is 44.7 Å². The van der Waals surface area contributed by atoms with Crippen molar-refractivity contribution in [2.45, 2.75) is 51.0 Å². The first-order valence-electron chi connectivity index (χ1n) is 10.4. The van der Waals surface area contributed by atoms with Crippen LogP contribution in [0.4, 0.5) is 0 Å². The Morgan fingerprint density at radius 1 is 1.07 bits per heavy atom. The first kappa shape index (κ1) is 21.8. The van der Waals surface area contributed by atoms with E-state index in [0.717, 1.165) is 12.8 Å². The smallest absolute Gasteiger partial charge is 0.251 e. The van der Waals surface area contributed by atoms with Crippen LogP contribution in [0.15, 0.2) is 29.2 Å². The van der Waals surface area contributed by atoms with Gasteiger partial charge in [-0.15, -0.1) is 0 Å². The van der Waals surface area contributed by atoms with Gasteiger partial charge in [-0.2, -0.15) is 4.31 Å². The summed E-state index contributed by atoms with van der Waals surface area (Å²) in [5, 5.41) is 3.10. The van der Waals surface area contributed by atoms with Crippen molar-refractivity contribution in [3.8, 4) is 0 Å². The monoisotopic (exact) mass is 421 g/mol. The third-order valence-electron chi connectivity index (χ3n) is 6.44. The molecule has 1 N–H and O–H groups in total. The van der Waals surface area contributed by atoms with Crippen molar-refractivity contribution in [1.29, 1.82) is 0 Å². The largest absolute Gasteiger partial charge is 0.349 e. The summed E-state index contributed by atoms with van der Waals surface area (Å²) in [5.74, 6) is 0.688. The Labute approximate surface area is 173 Å². The summed E-state index contributed by atoms with van der Waals surface area (Å²) in [7, 11) is -3.70. The maximum absolute atomic E-state index is 13.0. The molecule has 1 aromatic carbocycles. The number of carbonyl (C=O) groups is 2. The standard InChI is InChI=1S/C21H31N3O4S/c1-15-6-4-9-20(16(15)2)22-21(26)18-7-5-8-19(14-18)29(27,28)24-12-10-23(11-13-24)17(3)25/h5,7-8,14-16,20H,4,6,9-13H2,1-3H3,(H,22,26)/t15-,16+,20+/m0/s1. The quantitative estimate of drug-likeness (QED) is 0.807. The average molecular weight is 422 g/mol.